The molecule has 0 saturated carbocycles. The van der Waals surface area contributed by atoms with E-state index in [2.05, 4.69) is 25.8 Å². The van der Waals surface area contributed by atoms with Crippen LogP contribution in [-0.4, -0.2) is 54.9 Å². The van der Waals surface area contributed by atoms with Crippen molar-refractivity contribution in [2.24, 2.45) is 0 Å². The van der Waals surface area contributed by atoms with E-state index in [0.29, 0.717) is 18.9 Å². The Morgan fingerprint density at radius 2 is 2.13 bits per heavy atom. The highest BCUT2D eigenvalue weighted by molar-refractivity contribution is 7.08. The molecule has 0 aliphatic carbocycles. The number of nitrogens with zero attached hydrogens (tertiary/aromatic N) is 6. The van der Waals surface area contributed by atoms with Crippen LogP contribution >= 0.6 is 11.3 Å². The molecule has 4 heterocycles. The summed E-state index contributed by atoms with van der Waals surface area (Å²) >= 11 is 1.52. The largest absolute Gasteiger partial charge is 0.332 e. The van der Waals surface area contributed by atoms with Crippen molar-refractivity contribution in [1.82, 2.24) is 30.0 Å². The van der Waals surface area contributed by atoms with E-state index in [1.165, 1.54) is 20.9 Å². The smallest absolute Gasteiger partial charge is 0.281 e. The molecule has 4 aromatic rings. The molecular weight excluding hydrogens is 418 g/mol. The molecule has 1 aliphatic rings. The van der Waals surface area contributed by atoms with Gasteiger partial charge in [0, 0.05) is 23.2 Å². The Morgan fingerprint density at radius 3 is 2.94 bits per heavy atom. The number of rotatable bonds is 5. The van der Waals surface area contributed by atoms with E-state index < -0.39 is 0 Å². The van der Waals surface area contributed by atoms with Gasteiger partial charge in [-0.15, -0.1) is 5.10 Å². The fourth-order valence-electron chi connectivity index (χ4n) is 3.35. The van der Waals surface area contributed by atoms with Crippen LogP contribution in [0.5, 0.6) is 0 Å². The van der Waals surface area contributed by atoms with Crippen LogP contribution in [0.15, 0.2) is 45.6 Å². The van der Waals surface area contributed by atoms with Gasteiger partial charge in [0.25, 0.3) is 11.8 Å². The van der Waals surface area contributed by atoms with Gasteiger partial charge in [0.1, 0.15) is 6.54 Å². The Balaban J connectivity index is 1.36. The molecule has 1 N–H and O–H groups in total. The number of carbonyl (C=O) groups is 2. The second-order valence-electron chi connectivity index (χ2n) is 7.03. The van der Waals surface area contributed by atoms with E-state index in [0.717, 1.165) is 16.8 Å². The molecule has 0 unspecified atom stereocenters. The summed E-state index contributed by atoms with van der Waals surface area (Å²) < 4.78 is 6.84. The zero-order valence-electron chi connectivity index (χ0n) is 16.5. The first-order valence-corrected chi connectivity index (χ1v) is 10.5. The summed E-state index contributed by atoms with van der Waals surface area (Å²) in [5.74, 6) is -0.109. The molecule has 5 rings (SSSR count). The molecule has 0 bridgehead atoms. The lowest BCUT2D eigenvalue weighted by Gasteiger charge is -2.26. The molecule has 10 nitrogen and oxygen atoms in total. The summed E-state index contributed by atoms with van der Waals surface area (Å²) in [4.78, 5) is 31.5. The topological polar surface area (TPSA) is 119 Å². The van der Waals surface area contributed by atoms with Crippen molar-refractivity contribution in [3.05, 3.63) is 52.3 Å². The van der Waals surface area contributed by atoms with Crippen LogP contribution in [0.25, 0.3) is 23.0 Å². The van der Waals surface area contributed by atoms with Gasteiger partial charge >= 0.3 is 0 Å². The highest BCUT2D eigenvalue weighted by Crippen LogP contribution is 2.26. The summed E-state index contributed by atoms with van der Waals surface area (Å²) in [5.41, 5.74) is 2.93. The molecule has 11 heteroatoms. The number of hydrogen-bond acceptors (Lipinski definition) is 8. The van der Waals surface area contributed by atoms with Crippen molar-refractivity contribution < 1.29 is 14.1 Å². The third kappa shape index (κ3) is 3.59. The average Bonchev–Trinajstić information content (AvgIpc) is 3.51. The van der Waals surface area contributed by atoms with Gasteiger partial charge in [-0.25, -0.2) is 4.68 Å². The molecule has 0 atom stereocenters. The molecule has 1 aliphatic heterocycles. The minimum Gasteiger partial charge on any atom is -0.332 e. The third-order valence-corrected chi connectivity index (χ3v) is 5.65. The van der Waals surface area contributed by atoms with Crippen molar-refractivity contribution in [2.75, 3.05) is 18.4 Å². The van der Waals surface area contributed by atoms with Crippen LogP contribution in [0, 0.1) is 6.92 Å². The number of aryl methyl sites for hydroxylation is 1. The summed E-state index contributed by atoms with van der Waals surface area (Å²) in [7, 11) is 0. The van der Waals surface area contributed by atoms with Crippen LogP contribution in [0.4, 0.5) is 5.69 Å². The van der Waals surface area contributed by atoms with Crippen molar-refractivity contribution >= 4 is 28.8 Å². The highest BCUT2D eigenvalue weighted by atomic mass is 32.1. The molecule has 156 valence electrons. The number of benzene rings is 1. The lowest BCUT2D eigenvalue weighted by Crippen LogP contribution is -2.44. The second kappa shape index (κ2) is 7.76. The van der Waals surface area contributed by atoms with E-state index >= 15 is 0 Å². The Labute approximate surface area is 180 Å². The van der Waals surface area contributed by atoms with Crippen molar-refractivity contribution in [2.45, 2.75) is 13.5 Å². The van der Waals surface area contributed by atoms with Gasteiger partial charge in [-0.3, -0.25) is 9.59 Å². The maximum absolute atomic E-state index is 13.1. The van der Waals surface area contributed by atoms with Crippen molar-refractivity contribution in [1.29, 1.82) is 0 Å². The van der Waals surface area contributed by atoms with Gasteiger partial charge in [0.2, 0.25) is 11.7 Å². The summed E-state index contributed by atoms with van der Waals surface area (Å²) in [6.45, 7) is 2.59. The van der Waals surface area contributed by atoms with Gasteiger partial charge in [-0.2, -0.15) is 16.3 Å². The molecule has 31 heavy (non-hydrogen) atoms. The minimum atomic E-state index is -0.360. The zero-order chi connectivity index (χ0) is 21.4. The molecule has 1 aromatic carbocycles. The van der Waals surface area contributed by atoms with E-state index in [9.17, 15) is 9.59 Å². The molecule has 0 fully saturated rings. The Morgan fingerprint density at radius 1 is 1.26 bits per heavy atom. The maximum atomic E-state index is 13.1. The van der Waals surface area contributed by atoms with Crippen molar-refractivity contribution in [3.63, 3.8) is 0 Å². The number of amides is 2. The summed E-state index contributed by atoms with van der Waals surface area (Å²) in [6.07, 6.45) is 0. The fraction of sp³-hybridized carbons (Fsp3) is 0.200. The van der Waals surface area contributed by atoms with Gasteiger partial charge in [0.15, 0.2) is 11.4 Å². The van der Waals surface area contributed by atoms with Crippen LogP contribution in [0.3, 0.4) is 0 Å². The zero-order valence-corrected chi connectivity index (χ0v) is 17.3. The quantitative estimate of drug-likeness (QED) is 0.511. The Hall–Kier alpha value is -3.86. The number of aromatic nitrogens is 5. The number of thiophene rings is 1. The van der Waals surface area contributed by atoms with Crippen LogP contribution in [0.1, 0.15) is 16.1 Å². The van der Waals surface area contributed by atoms with E-state index in [4.69, 9.17) is 4.52 Å². The third-order valence-electron chi connectivity index (χ3n) is 4.97. The lowest BCUT2D eigenvalue weighted by molar-refractivity contribution is -0.117. The van der Waals surface area contributed by atoms with Gasteiger partial charge in [-0.05, 0) is 30.0 Å². The fourth-order valence-corrected chi connectivity index (χ4v) is 3.98. The van der Waals surface area contributed by atoms with E-state index in [1.807, 2.05) is 48.0 Å². The first kappa shape index (κ1) is 19.1. The lowest BCUT2D eigenvalue weighted by atomic mass is 10.2. The van der Waals surface area contributed by atoms with Gasteiger partial charge < -0.3 is 14.7 Å². The number of para-hydroxylation sites is 1. The number of fused-ring (bicyclic) bond motifs is 1. The number of carbonyl (C=O) groups excluding carboxylic acids is 2. The number of anilines is 1. The SMILES string of the molecule is Cc1ccccc1NC(=O)CN1CCn2nnc(-c3nc(-c4ccsc4)no3)c2C1=O. The predicted molar refractivity (Wildman–Crippen MR) is 112 cm³/mol. The maximum Gasteiger partial charge on any atom is 0.281 e. The van der Waals surface area contributed by atoms with E-state index in [1.54, 1.807) is 0 Å². The first-order valence-electron chi connectivity index (χ1n) is 9.55. The van der Waals surface area contributed by atoms with E-state index in [-0.39, 0.29) is 35.6 Å². The van der Waals surface area contributed by atoms with Crippen LogP contribution < -0.4 is 5.32 Å². The average molecular weight is 435 g/mol. The standard InChI is InChI=1S/C20H17N7O3S/c1-12-4-2-3-5-14(12)21-15(28)10-26-7-8-27-17(20(26)29)16(23-25-27)19-22-18(24-30-19)13-6-9-31-11-13/h2-6,9,11H,7-8,10H2,1H3,(H,21,28). The number of hydrogen-bond donors (Lipinski definition) is 1. The molecule has 0 spiro atoms. The Kier molecular flexibility index (Phi) is 4.79. The first-order chi connectivity index (χ1) is 15.1. The van der Waals surface area contributed by atoms with Gasteiger partial charge in [-0.1, -0.05) is 28.6 Å². The van der Waals surface area contributed by atoms with Crippen LogP contribution in [-0.2, 0) is 11.3 Å². The van der Waals surface area contributed by atoms with Gasteiger partial charge in [0.05, 0.1) is 6.54 Å². The van der Waals surface area contributed by atoms with Crippen molar-refractivity contribution in [3.8, 4) is 23.0 Å². The Bertz CT molecular complexity index is 1260. The summed E-state index contributed by atoms with van der Waals surface area (Å²) in [5, 5.41) is 18.7. The minimum absolute atomic E-state index is 0.0816. The highest BCUT2D eigenvalue weighted by Gasteiger charge is 2.33. The summed E-state index contributed by atoms with van der Waals surface area (Å²) in [6, 6.07) is 9.35. The predicted octanol–water partition coefficient (Wildman–Crippen LogP) is 2.46. The number of nitrogens with one attached hydrogen (secondary N) is 1. The van der Waals surface area contributed by atoms with Crippen LogP contribution in [0.2, 0.25) is 0 Å². The molecule has 0 saturated heterocycles. The molecule has 3 aromatic heterocycles. The second-order valence-corrected chi connectivity index (χ2v) is 7.81. The normalized spacial score (nSPS) is 13.3. The molecule has 2 amide bonds. The molecule has 0 radical (unpaired) electrons. The molecular formula is C20H17N7O3S. The monoisotopic (exact) mass is 435 g/mol.